The summed E-state index contributed by atoms with van der Waals surface area (Å²) in [6, 6.07) is 0.328. The maximum atomic E-state index is 6.43. The van der Waals surface area contributed by atoms with Gasteiger partial charge in [0.05, 0.1) is 17.1 Å². The number of hydrogen-bond donors (Lipinski definition) is 0. The number of hydrogen-bond acceptors (Lipinski definition) is 4. The van der Waals surface area contributed by atoms with Crippen LogP contribution in [0.3, 0.4) is 0 Å². The Hall–Kier alpha value is -1.46. The number of nitrogens with zero attached hydrogens (tertiary/aromatic N) is 5. The number of aryl methyl sites for hydroxylation is 3. The molecule has 1 unspecified atom stereocenters. The summed E-state index contributed by atoms with van der Waals surface area (Å²) in [6.45, 7) is 5.85. The zero-order valence-electron chi connectivity index (χ0n) is 12.7. The van der Waals surface area contributed by atoms with Crippen LogP contribution in [-0.2, 0) is 13.6 Å². The molecule has 1 atom stereocenters. The highest BCUT2D eigenvalue weighted by Crippen LogP contribution is 2.38. The zero-order valence-corrected chi connectivity index (χ0v) is 13.4. The molecule has 0 bridgehead atoms. The molecule has 2 aromatic heterocycles. The van der Waals surface area contributed by atoms with E-state index in [4.69, 9.17) is 11.6 Å². The molecule has 1 fully saturated rings. The van der Waals surface area contributed by atoms with Crippen molar-refractivity contribution in [3.8, 4) is 0 Å². The molecule has 21 heavy (non-hydrogen) atoms. The Labute approximate surface area is 130 Å². The molecule has 6 heteroatoms. The van der Waals surface area contributed by atoms with Crippen LogP contribution < -0.4 is 0 Å². The van der Waals surface area contributed by atoms with Crippen LogP contribution in [0.1, 0.15) is 41.5 Å². The predicted octanol–water partition coefficient (Wildman–Crippen LogP) is 2.82. The fourth-order valence-electron chi connectivity index (χ4n) is 3.08. The third kappa shape index (κ3) is 2.80. The molecule has 3 heterocycles. The summed E-state index contributed by atoms with van der Waals surface area (Å²) in [5, 5.41) is 5.19. The monoisotopic (exact) mass is 305 g/mol. The Kier molecular flexibility index (Phi) is 3.95. The van der Waals surface area contributed by atoms with Crippen molar-refractivity contribution in [3.63, 3.8) is 0 Å². The normalized spacial score (nSPS) is 19.3. The van der Waals surface area contributed by atoms with E-state index in [-0.39, 0.29) is 0 Å². The van der Waals surface area contributed by atoms with Gasteiger partial charge in [-0.25, -0.2) is 0 Å². The van der Waals surface area contributed by atoms with Crippen LogP contribution in [0.15, 0.2) is 12.4 Å². The molecule has 0 aliphatic carbocycles. The summed E-state index contributed by atoms with van der Waals surface area (Å²) < 4.78 is 1.76. The Bertz CT molecular complexity index is 634. The van der Waals surface area contributed by atoms with Crippen LogP contribution in [0.5, 0.6) is 0 Å². The van der Waals surface area contributed by atoms with E-state index >= 15 is 0 Å². The lowest BCUT2D eigenvalue weighted by Gasteiger charge is -2.24. The molecular weight excluding hydrogens is 286 g/mol. The van der Waals surface area contributed by atoms with Crippen molar-refractivity contribution < 1.29 is 0 Å². The third-order valence-electron chi connectivity index (χ3n) is 4.09. The number of aromatic nitrogens is 4. The summed E-state index contributed by atoms with van der Waals surface area (Å²) in [7, 11) is 1.89. The maximum absolute atomic E-state index is 6.43. The highest BCUT2D eigenvalue weighted by atomic mass is 35.5. The fraction of sp³-hybridized carbons (Fsp3) is 0.533. The molecule has 112 valence electrons. The van der Waals surface area contributed by atoms with Gasteiger partial charge >= 0.3 is 0 Å². The molecule has 0 spiro atoms. The lowest BCUT2D eigenvalue weighted by Crippen LogP contribution is -2.24. The second kappa shape index (κ2) is 5.73. The van der Waals surface area contributed by atoms with Crippen molar-refractivity contribution >= 4 is 11.6 Å². The molecule has 2 aromatic rings. The number of halogens is 1. The van der Waals surface area contributed by atoms with Gasteiger partial charge in [0, 0.05) is 37.6 Å². The summed E-state index contributed by atoms with van der Waals surface area (Å²) in [4.78, 5) is 11.2. The van der Waals surface area contributed by atoms with Crippen molar-refractivity contribution in [1.29, 1.82) is 0 Å². The second-order valence-corrected chi connectivity index (χ2v) is 6.05. The van der Waals surface area contributed by atoms with E-state index in [1.165, 1.54) is 6.42 Å². The SMILES string of the molecule is Cc1cnc(CN2CCCC2c2c(C)nn(C)c2Cl)cn1. The molecule has 0 amide bonds. The van der Waals surface area contributed by atoms with E-state index in [1.54, 1.807) is 4.68 Å². The molecular formula is C15H20ClN5. The van der Waals surface area contributed by atoms with E-state index in [1.807, 2.05) is 33.3 Å². The minimum absolute atomic E-state index is 0.328. The third-order valence-corrected chi connectivity index (χ3v) is 4.54. The van der Waals surface area contributed by atoms with E-state index < -0.39 is 0 Å². The molecule has 0 N–H and O–H groups in total. The molecule has 0 aromatic carbocycles. The van der Waals surface area contributed by atoms with Gasteiger partial charge in [0.1, 0.15) is 5.15 Å². The minimum Gasteiger partial charge on any atom is -0.290 e. The standard InChI is InChI=1S/C15H20ClN5/c1-10-7-18-12(8-17-10)9-21-6-4-5-13(21)14-11(2)19-20(3)15(14)16/h7-8,13H,4-6,9H2,1-3H3. The van der Waals surface area contributed by atoms with Gasteiger partial charge in [-0.15, -0.1) is 0 Å². The molecule has 0 saturated carbocycles. The quantitative estimate of drug-likeness (QED) is 0.875. The Morgan fingerprint density at radius 1 is 1.29 bits per heavy atom. The van der Waals surface area contributed by atoms with Crippen molar-refractivity contribution in [2.24, 2.45) is 7.05 Å². The lowest BCUT2D eigenvalue weighted by atomic mass is 10.1. The van der Waals surface area contributed by atoms with Gasteiger partial charge in [0.2, 0.25) is 0 Å². The van der Waals surface area contributed by atoms with Gasteiger partial charge < -0.3 is 0 Å². The van der Waals surface area contributed by atoms with Crippen LogP contribution >= 0.6 is 11.6 Å². The first kappa shape index (κ1) is 14.5. The van der Waals surface area contributed by atoms with Crippen LogP contribution in [0.4, 0.5) is 0 Å². The average Bonchev–Trinajstić information content (AvgIpc) is 2.98. The molecule has 1 aliphatic rings. The summed E-state index contributed by atoms with van der Waals surface area (Å²) in [5.41, 5.74) is 4.14. The van der Waals surface area contributed by atoms with Gasteiger partial charge in [-0.05, 0) is 33.2 Å². The van der Waals surface area contributed by atoms with Gasteiger partial charge in [-0.2, -0.15) is 5.10 Å². The average molecular weight is 306 g/mol. The van der Waals surface area contributed by atoms with E-state index in [0.717, 1.165) is 47.3 Å². The Morgan fingerprint density at radius 2 is 2.10 bits per heavy atom. The van der Waals surface area contributed by atoms with Crippen LogP contribution in [0.2, 0.25) is 5.15 Å². The number of rotatable bonds is 3. The Morgan fingerprint density at radius 3 is 2.71 bits per heavy atom. The van der Waals surface area contributed by atoms with Crippen molar-refractivity contribution in [1.82, 2.24) is 24.6 Å². The zero-order chi connectivity index (χ0) is 15.0. The second-order valence-electron chi connectivity index (χ2n) is 5.69. The van der Waals surface area contributed by atoms with Crippen molar-refractivity contribution in [2.75, 3.05) is 6.54 Å². The molecule has 1 saturated heterocycles. The van der Waals surface area contributed by atoms with Crippen LogP contribution in [-0.4, -0.2) is 31.2 Å². The van der Waals surface area contributed by atoms with E-state index in [0.29, 0.717) is 6.04 Å². The first-order valence-corrected chi connectivity index (χ1v) is 7.64. The highest BCUT2D eigenvalue weighted by Gasteiger charge is 2.31. The van der Waals surface area contributed by atoms with E-state index in [9.17, 15) is 0 Å². The predicted molar refractivity (Wildman–Crippen MR) is 82.1 cm³/mol. The van der Waals surface area contributed by atoms with Gasteiger partial charge in [0.15, 0.2) is 0 Å². The first-order chi connectivity index (χ1) is 10.1. The van der Waals surface area contributed by atoms with Gasteiger partial charge in [-0.1, -0.05) is 11.6 Å². The first-order valence-electron chi connectivity index (χ1n) is 7.27. The minimum atomic E-state index is 0.328. The lowest BCUT2D eigenvalue weighted by molar-refractivity contribution is 0.244. The summed E-state index contributed by atoms with van der Waals surface area (Å²) in [6.07, 6.45) is 5.98. The van der Waals surface area contributed by atoms with Gasteiger partial charge in [0.25, 0.3) is 0 Å². The molecule has 5 nitrogen and oxygen atoms in total. The van der Waals surface area contributed by atoms with Crippen molar-refractivity contribution in [2.45, 2.75) is 39.3 Å². The van der Waals surface area contributed by atoms with Crippen LogP contribution in [0, 0.1) is 13.8 Å². The largest absolute Gasteiger partial charge is 0.290 e. The maximum Gasteiger partial charge on any atom is 0.131 e. The Balaban J connectivity index is 1.84. The van der Waals surface area contributed by atoms with Gasteiger partial charge in [-0.3, -0.25) is 19.5 Å². The van der Waals surface area contributed by atoms with E-state index in [2.05, 4.69) is 20.0 Å². The molecule has 0 radical (unpaired) electrons. The molecule has 3 rings (SSSR count). The summed E-state index contributed by atoms with van der Waals surface area (Å²) >= 11 is 6.43. The summed E-state index contributed by atoms with van der Waals surface area (Å²) in [5.74, 6) is 0. The smallest absolute Gasteiger partial charge is 0.131 e. The topological polar surface area (TPSA) is 46.8 Å². The number of likely N-dealkylation sites (tertiary alicyclic amines) is 1. The van der Waals surface area contributed by atoms with Crippen LogP contribution in [0.25, 0.3) is 0 Å². The fourth-order valence-corrected chi connectivity index (χ4v) is 3.38. The highest BCUT2D eigenvalue weighted by molar-refractivity contribution is 6.30. The molecule has 1 aliphatic heterocycles. The van der Waals surface area contributed by atoms with Crippen molar-refractivity contribution in [3.05, 3.63) is 40.2 Å².